The number of piperazine rings is 1. The Morgan fingerprint density at radius 1 is 1.25 bits per heavy atom. The smallest absolute Gasteiger partial charge is 0.250 e. The van der Waals surface area contributed by atoms with Gasteiger partial charge in [-0.2, -0.15) is 0 Å². The molecule has 2 amide bonds. The number of ether oxygens (including phenoxy) is 1. The second kappa shape index (κ2) is 6.05. The Morgan fingerprint density at radius 2 is 1.95 bits per heavy atom. The number of carbonyl (C=O) groups is 2. The minimum atomic E-state index is -0.498. The summed E-state index contributed by atoms with van der Waals surface area (Å²) in [6, 6.07) is 6.66. The summed E-state index contributed by atoms with van der Waals surface area (Å²) in [4.78, 5) is 25.9. The van der Waals surface area contributed by atoms with Crippen molar-refractivity contribution in [3.8, 4) is 0 Å². The Kier molecular flexibility index (Phi) is 4.39. The lowest BCUT2D eigenvalue weighted by Crippen LogP contribution is -2.62. The van der Waals surface area contributed by atoms with Crippen LogP contribution in [0.3, 0.4) is 0 Å². The van der Waals surface area contributed by atoms with E-state index in [0.29, 0.717) is 13.0 Å². The predicted molar refractivity (Wildman–Crippen MR) is 76.6 cm³/mol. The summed E-state index contributed by atoms with van der Waals surface area (Å²) in [5, 5.41) is 2.69. The Labute approximate surface area is 118 Å². The van der Waals surface area contributed by atoms with E-state index in [-0.39, 0.29) is 11.8 Å². The van der Waals surface area contributed by atoms with Crippen molar-refractivity contribution in [1.29, 1.82) is 0 Å². The zero-order valence-electron chi connectivity index (χ0n) is 12.1. The van der Waals surface area contributed by atoms with Crippen molar-refractivity contribution in [3.63, 3.8) is 0 Å². The van der Waals surface area contributed by atoms with Gasteiger partial charge < -0.3 is 10.1 Å². The number of methoxy groups -OCH3 is 1. The van der Waals surface area contributed by atoms with Crippen LogP contribution in [0.1, 0.15) is 19.4 Å². The number of hydrogen-bond donors (Lipinski definition) is 1. The van der Waals surface area contributed by atoms with Gasteiger partial charge in [-0.1, -0.05) is 18.2 Å². The SMILES string of the molecule is COCCc1ccccc1N1C(=O)C(C)NC(=O)C1C. The number of para-hydroxylation sites is 1. The normalized spacial score (nSPS) is 22.9. The summed E-state index contributed by atoms with van der Waals surface area (Å²) in [6.45, 7) is 4.03. The first kappa shape index (κ1) is 14.5. The molecular weight excluding hydrogens is 256 g/mol. The number of nitrogens with one attached hydrogen (secondary N) is 1. The molecule has 5 nitrogen and oxygen atoms in total. The van der Waals surface area contributed by atoms with Gasteiger partial charge in [0.25, 0.3) is 0 Å². The van der Waals surface area contributed by atoms with Crippen molar-refractivity contribution < 1.29 is 14.3 Å². The summed E-state index contributed by atoms with van der Waals surface area (Å²) in [6.07, 6.45) is 0.708. The Bertz CT molecular complexity index is 516. The minimum Gasteiger partial charge on any atom is -0.384 e. The third-order valence-corrected chi connectivity index (χ3v) is 3.56. The van der Waals surface area contributed by atoms with Gasteiger partial charge >= 0.3 is 0 Å². The molecule has 1 aliphatic heterocycles. The maximum Gasteiger partial charge on any atom is 0.250 e. The average molecular weight is 276 g/mol. The third-order valence-electron chi connectivity index (χ3n) is 3.56. The van der Waals surface area contributed by atoms with Crippen molar-refractivity contribution in [1.82, 2.24) is 5.32 Å². The van der Waals surface area contributed by atoms with Crippen LogP contribution in [-0.2, 0) is 20.7 Å². The van der Waals surface area contributed by atoms with Crippen LogP contribution in [0.2, 0.25) is 0 Å². The van der Waals surface area contributed by atoms with Crippen molar-refractivity contribution in [3.05, 3.63) is 29.8 Å². The van der Waals surface area contributed by atoms with Crippen LogP contribution in [0.4, 0.5) is 5.69 Å². The molecule has 0 radical (unpaired) electrons. The van der Waals surface area contributed by atoms with Gasteiger partial charge in [-0.05, 0) is 31.9 Å². The molecule has 1 saturated heterocycles. The summed E-state index contributed by atoms with van der Waals surface area (Å²) < 4.78 is 5.10. The van der Waals surface area contributed by atoms with Crippen LogP contribution in [0, 0.1) is 0 Å². The maximum absolute atomic E-state index is 12.4. The molecule has 1 aliphatic rings. The molecule has 2 atom stereocenters. The van der Waals surface area contributed by atoms with E-state index < -0.39 is 12.1 Å². The van der Waals surface area contributed by atoms with E-state index in [1.54, 1.807) is 25.9 Å². The average Bonchev–Trinajstić information content (AvgIpc) is 2.44. The molecule has 5 heteroatoms. The number of amides is 2. The van der Waals surface area contributed by atoms with Crippen LogP contribution in [-0.4, -0.2) is 37.6 Å². The molecule has 2 rings (SSSR count). The molecule has 0 spiro atoms. The predicted octanol–water partition coefficient (Wildman–Crippen LogP) is 1.12. The lowest BCUT2D eigenvalue weighted by molar-refractivity contribution is -0.133. The largest absolute Gasteiger partial charge is 0.384 e. The van der Waals surface area contributed by atoms with E-state index in [2.05, 4.69) is 5.32 Å². The topological polar surface area (TPSA) is 58.6 Å². The lowest BCUT2D eigenvalue weighted by Gasteiger charge is -2.37. The first-order valence-corrected chi connectivity index (χ1v) is 6.76. The van der Waals surface area contributed by atoms with Gasteiger partial charge in [-0.25, -0.2) is 0 Å². The van der Waals surface area contributed by atoms with Crippen LogP contribution in [0.5, 0.6) is 0 Å². The van der Waals surface area contributed by atoms with Gasteiger partial charge in [0.15, 0.2) is 0 Å². The van der Waals surface area contributed by atoms with Gasteiger partial charge in [-0.3, -0.25) is 14.5 Å². The zero-order valence-corrected chi connectivity index (χ0v) is 12.1. The fourth-order valence-electron chi connectivity index (χ4n) is 2.41. The molecule has 1 aromatic carbocycles. The monoisotopic (exact) mass is 276 g/mol. The standard InChI is InChI=1S/C15H20N2O3/c1-10-15(19)17(11(2)14(18)16-10)13-7-5-4-6-12(13)8-9-20-3/h4-7,10-11H,8-9H2,1-3H3,(H,16,18). The summed E-state index contributed by atoms with van der Waals surface area (Å²) in [5.41, 5.74) is 1.81. The molecular formula is C15H20N2O3. The summed E-state index contributed by atoms with van der Waals surface area (Å²) in [5.74, 6) is -0.208. The zero-order chi connectivity index (χ0) is 14.7. The number of carbonyl (C=O) groups excluding carboxylic acids is 2. The van der Waals surface area contributed by atoms with Gasteiger partial charge in [-0.15, -0.1) is 0 Å². The van der Waals surface area contributed by atoms with Gasteiger partial charge in [0.05, 0.1) is 6.61 Å². The molecule has 20 heavy (non-hydrogen) atoms. The van der Waals surface area contributed by atoms with Crippen LogP contribution >= 0.6 is 0 Å². The van der Waals surface area contributed by atoms with E-state index in [9.17, 15) is 9.59 Å². The fraction of sp³-hybridized carbons (Fsp3) is 0.467. The van der Waals surface area contributed by atoms with E-state index in [0.717, 1.165) is 11.3 Å². The first-order valence-electron chi connectivity index (χ1n) is 6.76. The van der Waals surface area contributed by atoms with Crippen molar-refractivity contribution >= 4 is 17.5 Å². The molecule has 108 valence electrons. The van der Waals surface area contributed by atoms with Crippen molar-refractivity contribution in [2.75, 3.05) is 18.6 Å². The number of hydrogen-bond acceptors (Lipinski definition) is 3. The number of benzene rings is 1. The lowest BCUT2D eigenvalue weighted by atomic mass is 10.0. The molecule has 1 fully saturated rings. The molecule has 1 N–H and O–H groups in total. The van der Waals surface area contributed by atoms with Gasteiger partial charge in [0.2, 0.25) is 11.8 Å². The molecule has 1 heterocycles. The molecule has 2 unspecified atom stereocenters. The van der Waals surface area contributed by atoms with Crippen molar-refractivity contribution in [2.45, 2.75) is 32.4 Å². The number of nitrogens with zero attached hydrogens (tertiary/aromatic N) is 1. The van der Waals surface area contributed by atoms with E-state index >= 15 is 0 Å². The maximum atomic E-state index is 12.4. The van der Waals surface area contributed by atoms with Gasteiger partial charge in [0.1, 0.15) is 12.1 Å². The fourth-order valence-corrected chi connectivity index (χ4v) is 2.41. The molecule has 0 bridgehead atoms. The van der Waals surface area contributed by atoms with Crippen molar-refractivity contribution in [2.24, 2.45) is 0 Å². The Balaban J connectivity index is 2.37. The first-order chi connectivity index (χ1) is 9.56. The van der Waals surface area contributed by atoms with E-state index in [1.807, 2.05) is 24.3 Å². The minimum absolute atomic E-state index is 0.0815. The second-order valence-corrected chi connectivity index (χ2v) is 4.99. The Hall–Kier alpha value is -1.88. The highest BCUT2D eigenvalue weighted by atomic mass is 16.5. The highest BCUT2D eigenvalue weighted by Crippen LogP contribution is 2.26. The molecule has 0 aromatic heterocycles. The molecule has 0 aliphatic carbocycles. The van der Waals surface area contributed by atoms with Crippen LogP contribution in [0.15, 0.2) is 24.3 Å². The van der Waals surface area contributed by atoms with Crippen LogP contribution < -0.4 is 10.2 Å². The summed E-state index contributed by atoms with van der Waals surface area (Å²) in [7, 11) is 1.65. The number of anilines is 1. The van der Waals surface area contributed by atoms with Gasteiger partial charge in [0, 0.05) is 12.8 Å². The number of rotatable bonds is 4. The third kappa shape index (κ3) is 2.67. The highest BCUT2D eigenvalue weighted by Gasteiger charge is 2.37. The quantitative estimate of drug-likeness (QED) is 0.896. The Morgan fingerprint density at radius 3 is 2.65 bits per heavy atom. The molecule has 1 aromatic rings. The van der Waals surface area contributed by atoms with E-state index in [4.69, 9.17) is 4.74 Å². The molecule has 0 saturated carbocycles. The van der Waals surface area contributed by atoms with Crippen LogP contribution in [0.25, 0.3) is 0 Å². The highest BCUT2D eigenvalue weighted by molar-refractivity contribution is 6.08. The summed E-state index contributed by atoms with van der Waals surface area (Å²) >= 11 is 0. The van der Waals surface area contributed by atoms with E-state index in [1.165, 1.54) is 0 Å². The second-order valence-electron chi connectivity index (χ2n) is 4.99.